The molecule has 0 saturated carbocycles. The van der Waals surface area contributed by atoms with Gasteiger partial charge in [-0.2, -0.15) is 0 Å². The van der Waals surface area contributed by atoms with Crippen molar-refractivity contribution in [2.45, 2.75) is 0 Å². The molecular weight excluding hydrogens is 231 g/mol. The van der Waals surface area contributed by atoms with Crippen molar-refractivity contribution in [2.24, 2.45) is 0 Å². The molecule has 0 aliphatic heterocycles. The number of halogens is 2. The number of nitrogen functional groups attached to an aromatic ring is 1. The Bertz CT molecular complexity index is 280. The zero-order chi connectivity index (χ0) is 8.43. The molecule has 1 aromatic heterocycles. The minimum absolute atomic E-state index is 0.379. The van der Waals surface area contributed by atoms with Gasteiger partial charge in [0.1, 0.15) is 9.63 Å². The molecule has 0 aromatic carbocycles. The fraction of sp³-hybridized carbons (Fsp3) is 0.167. The summed E-state index contributed by atoms with van der Waals surface area (Å²) in [6, 6.07) is 0. The van der Waals surface area contributed by atoms with Gasteiger partial charge < -0.3 is 10.5 Å². The Kier molecular flexibility index (Phi) is 2.57. The van der Waals surface area contributed by atoms with E-state index >= 15 is 0 Å². The fourth-order valence-electron chi connectivity index (χ4n) is 0.623. The van der Waals surface area contributed by atoms with Crippen molar-refractivity contribution in [1.82, 2.24) is 4.98 Å². The van der Waals surface area contributed by atoms with Gasteiger partial charge in [-0.05, 0) is 15.9 Å². The van der Waals surface area contributed by atoms with Crippen molar-refractivity contribution in [3.8, 4) is 5.75 Å². The molecule has 0 unspecified atom stereocenters. The normalized spacial score (nSPS) is 9.73. The maximum atomic E-state index is 5.75. The number of nitrogens with zero attached hydrogens (tertiary/aromatic N) is 1. The zero-order valence-corrected chi connectivity index (χ0v) is 8.11. The number of anilines is 1. The van der Waals surface area contributed by atoms with Crippen molar-refractivity contribution < 1.29 is 4.74 Å². The number of ether oxygens (including phenoxy) is 1. The molecule has 60 valence electrons. The SMILES string of the molecule is COc1cnc(Br)c(Cl)c1N. The van der Waals surface area contributed by atoms with E-state index in [4.69, 9.17) is 22.1 Å². The highest BCUT2D eigenvalue weighted by Gasteiger charge is 2.07. The first-order valence-electron chi connectivity index (χ1n) is 2.80. The number of hydrogen-bond donors (Lipinski definition) is 1. The molecule has 1 heterocycles. The van der Waals surface area contributed by atoms with Crippen LogP contribution in [0.25, 0.3) is 0 Å². The van der Waals surface area contributed by atoms with Gasteiger partial charge in [0.2, 0.25) is 0 Å². The lowest BCUT2D eigenvalue weighted by atomic mass is 10.4. The first-order chi connectivity index (χ1) is 5.16. The lowest BCUT2D eigenvalue weighted by Gasteiger charge is -2.05. The molecule has 0 bridgehead atoms. The van der Waals surface area contributed by atoms with E-state index in [9.17, 15) is 0 Å². The second kappa shape index (κ2) is 3.28. The van der Waals surface area contributed by atoms with Crippen LogP contribution in [0.15, 0.2) is 10.8 Å². The first kappa shape index (κ1) is 8.62. The third-order valence-corrected chi connectivity index (χ3v) is 2.41. The number of hydrogen-bond acceptors (Lipinski definition) is 3. The van der Waals surface area contributed by atoms with Gasteiger partial charge in [-0.3, -0.25) is 0 Å². The molecule has 11 heavy (non-hydrogen) atoms. The van der Waals surface area contributed by atoms with E-state index in [2.05, 4.69) is 20.9 Å². The monoisotopic (exact) mass is 236 g/mol. The van der Waals surface area contributed by atoms with Crippen LogP contribution >= 0.6 is 27.5 Å². The van der Waals surface area contributed by atoms with Gasteiger partial charge >= 0.3 is 0 Å². The number of rotatable bonds is 1. The molecule has 0 spiro atoms. The van der Waals surface area contributed by atoms with Crippen molar-refractivity contribution >= 4 is 33.2 Å². The zero-order valence-electron chi connectivity index (χ0n) is 5.77. The molecule has 1 rings (SSSR count). The van der Waals surface area contributed by atoms with Crippen LogP contribution in [0, 0.1) is 0 Å². The molecule has 3 nitrogen and oxygen atoms in total. The fourth-order valence-corrected chi connectivity index (χ4v) is 1.08. The van der Waals surface area contributed by atoms with Gasteiger partial charge in [0.05, 0.1) is 19.0 Å². The maximum absolute atomic E-state index is 5.75. The number of pyridine rings is 1. The summed E-state index contributed by atoms with van der Waals surface area (Å²) in [4.78, 5) is 3.89. The molecule has 5 heteroatoms. The van der Waals surface area contributed by atoms with E-state index < -0.39 is 0 Å². The summed E-state index contributed by atoms with van der Waals surface area (Å²) in [5.41, 5.74) is 5.97. The topological polar surface area (TPSA) is 48.1 Å². The lowest BCUT2D eigenvalue weighted by molar-refractivity contribution is 0.415. The average Bonchev–Trinajstić information content (AvgIpc) is 2.01. The van der Waals surface area contributed by atoms with Crippen LogP contribution in [-0.2, 0) is 0 Å². The second-order valence-electron chi connectivity index (χ2n) is 1.85. The summed E-state index contributed by atoms with van der Waals surface area (Å²) < 4.78 is 5.41. The summed E-state index contributed by atoms with van der Waals surface area (Å²) in [6.45, 7) is 0. The van der Waals surface area contributed by atoms with Crippen LogP contribution in [0.5, 0.6) is 5.75 Å². The predicted molar refractivity (Wildman–Crippen MR) is 47.9 cm³/mol. The smallest absolute Gasteiger partial charge is 0.161 e. The van der Waals surface area contributed by atoms with Gasteiger partial charge in [-0.25, -0.2) is 4.98 Å². The Hall–Kier alpha value is -0.480. The van der Waals surface area contributed by atoms with Crippen LogP contribution < -0.4 is 10.5 Å². The van der Waals surface area contributed by atoms with Crippen LogP contribution in [0.4, 0.5) is 5.69 Å². The van der Waals surface area contributed by atoms with E-state index in [0.29, 0.717) is 21.1 Å². The summed E-state index contributed by atoms with van der Waals surface area (Å²) in [6.07, 6.45) is 1.51. The Morgan fingerprint density at radius 2 is 2.36 bits per heavy atom. The summed E-state index contributed by atoms with van der Waals surface area (Å²) in [5, 5.41) is 0.379. The Balaban J connectivity index is 3.25. The van der Waals surface area contributed by atoms with E-state index in [0.717, 1.165) is 0 Å². The standard InChI is InChI=1S/C6H6BrClN2O/c1-11-3-2-10-6(7)4(8)5(3)9/h2H,1H3,(H2,9,10). The Labute approximate surface area is 77.6 Å². The minimum Gasteiger partial charge on any atom is -0.493 e. The van der Waals surface area contributed by atoms with Crippen molar-refractivity contribution in [2.75, 3.05) is 12.8 Å². The largest absolute Gasteiger partial charge is 0.493 e. The highest BCUT2D eigenvalue weighted by molar-refractivity contribution is 9.10. The number of nitrogens with two attached hydrogens (primary N) is 1. The molecule has 0 fully saturated rings. The highest BCUT2D eigenvalue weighted by Crippen LogP contribution is 2.32. The Morgan fingerprint density at radius 3 is 2.91 bits per heavy atom. The molecule has 0 aliphatic carbocycles. The summed E-state index contributed by atoms with van der Waals surface area (Å²) in [5.74, 6) is 0.484. The van der Waals surface area contributed by atoms with Crippen molar-refractivity contribution in [1.29, 1.82) is 0 Å². The minimum atomic E-state index is 0.379. The summed E-state index contributed by atoms with van der Waals surface area (Å²) in [7, 11) is 1.51. The van der Waals surface area contributed by atoms with E-state index in [1.807, 2.05) is 0 Å². The summed E-state index contributed by atoms with van der Waals surface area (Å²) >= 11 is 8.88. The molecular formula is C6H6BrClN2O. The molecule has 0 aliphatic rings. The lowest BCUT2D eigenvalue weighted by Crippen LogP contribution is -1.94. The number of aromatic nitrogens is 1. The van der Waals surface area contributed by atoms with Crippen LogP contribution in [0.3, 0.4) is 0 Å². The van der Waals surface area contributed by atoms with Gasteiger partial charge in [-0.15, -0.1) is 0 Å². The van der Waals surface area contributed by atoms with E-state index in [1.165, 1.54) is 13.3 Å². The molecule has 0 saturated heterocycles. The van der Waals surface area contributed by atoms with Gasteiger partial charge in [0, 0.05) is 0 Å². The number of methoxy groups -OCH3 is 1. The third kappa shape index (κ3) is 1.57. The van der Waals surface area contributed by atoms with Crippen LogP contribution in [0.2, 0.25) is 5.02 Å². The Morgan fingerprint density at radius 1 is 1.73 bits per heavy atom. The third-order valence-electron chi connectivity index (χ3n) is 1.20. The molecule has 1 aromatic rings. The van der Waals surface area contributed by atoms with Crippen LogP contribution in [-0.4, -0.2) is 12.1 Å². The highest BCUT2D eigenvalue weighted by atomic mass is 79.9. The van der Waals surface area contributed by atoms with Gasteiger partial charge in [0.15, 0.2) is 5.75 Å². The molecule has 0 atom stereocenters. The van der Waals surface area contributed by atoms with Crippen LogP contribution in [0.1, 0.15) is 0 Å². The van der Waals surface area contributed by atoms with Crippen molar-refractivity contribution in [3.63, 3.8) is 0 Å². The molecule has 0 radical (unpaired) electrons. The molecule has 0 amide bonds. The average molecular weight is 237 g/mol. The van der Waals surface area contributed by atoms with Crippen molar-refractivity contribution in [3.05, 3.63) is 15.8 Å². The second-order valence-corrected chi connectivity index (χ2v) is 2.97. The first-order valence-corrected chi connectivity index (χ1v) is 3.97. The van der Waals surface area contributed by atoms with Gasteiger partial charge in [-0.1, -0.05) is 11.6 Å². The predicted octanol–water partition coefficient (Wildman–Crippen LogP) is 2.09. The van der Waals surface area contributed by atoms with Gasteiger partial charge in [0.25, 0.3) is 0 Å². The quantitative estimate of drug-likeness (QED) is 0.761. The van der Waals surface area contributed by atoms with E-state index in [1.54, 1.807) is 0 Å². The van der Waals surface area contributed by atoms with E-state index in [-0.39, 0.29) is 0 Å². The maximum Gasteiger partial charge on any atom is 0.161 e. The molecule has 2 N–H and O–H groups in total.